The van der Waals surface area contributed by atoms with Crippen molar-refractivity contribution in [3.8, 4) is 0 Å². The standard InChI is InChI=1S/C75H129NO13/c1-3-5-7-9-11-13-15-17-19-20-21-22-23-24-25-26-27-28-29-30-31-32-33-34-35-36-37-38-39-40-41-42-43-44-45-47-49-51-53-55-57-59-67(80)76-63(64(79)58-56-54-52-50-48-46-18-16-14-12-10-8-6-4-2)62-86-74-72(85)70(83)73(66(61-78)88-74)89-75-71(84)69(82)68(81)65(60-77)87-75/h5,7,11,13,17,19,21-22,24-25,27-28,30-31,33-34,36-37,63-66,68-75,77-79,81-85H,3-4,6,8-10,12,14-16,18,20,23,26,29,32,35,38-62H2,1-2H3,(H,76,80)/b7-5-,13-11-,19-17-,22-21-,25-24-,28-27-,31-30-,34-33-,37-36-. The smallest absolute Gasteiger partial charge is 0.220 e. The number of carbonyl (C=O) groups is 1. The van der Waals surface area contributed by atoms with E-state index in [1.165, 1.54) is 122 Å². The lowest BCUT2D eigenvalue weighted by Gasteiger charge is -2.46. The Hall–Kier alpha value is -3.35. The summed E-state index contributed by atoms with van der Waals surface area (Å²) >= 11 is 0. The fraction of sp³-hybridized carbons (Fsp3) is 0.747. The molecule has 0 aromatic carbocycles. The van der Waals surface area contributed by atoms with Crippen molar-refractivity contribution in [2.45, 2.75) is 338 Å². The number of rotatable bonds is 57. The lowest BCUT2D eigenvalue weighted by molar-refractivity contribution is -0.359. The summed E-state index contributed by atoms with van der Waals surface area (Å²) in [5, 5.41) is 87.4. The van der Waals surface area contributed by atoms with Crippen LogP contribution in [0.15, 0.2) is 109 Å². The number of hydrogen-bond acceptors (Lipinski definition) is 13. The molecule has 2 aliphatic heterocycles. The van der Waals surface area contributed by atoms with E-state index in [4.69, 9.17) is 18.9 Å². The molecule has 0 spiro atoms. The lowest BCUT2D eigenvalue weighted by atomic mass is 9.97. The third-order valence-electron chi connectivity index (χ3n) is 16.8. The van der Waals surface area contributed by atoms with Crippen molar-refractivity contribution in [3.63, 3.8) is 0 Å². The zero-order chi connectivity index (χ0) is 64.5. The Morgan fingerprint density at radius 2 is 0.775 bits per heavy atom. The number of nitrogens with one attached hydrogen (secondary N) is 1. The van der Waals surface area contributed by atoms with E-state index < -0.39 is 86.8 Å². The fourth-order valence-electron chi connectivity index (χ4n) is 11.1. The average Bonchev–Trinajstić information content (AvgIpc) is 2.74. The van der Waals surface area contributed by atoms with Gasteiger partial charge in [-0.25, -0.2) is 0 Å². The quantitative estimate of drug-likeness (QED) is 0.0204. The van der Waals surface area contributed by atoms with Crippen LogP contribution in [0.25, 0.3) is 0 Å². The summed E-state index contributed by atoms with van der Waals surface area (Å²) in [6.45, 7) is 2.75. The summed E-state index contributed by atoms with van der Waals surface area (Å²) in [7, 11) is 0. The van der Waals surface area contributed by atoms with Crippen molar-refractivity contribution in [2.75, 3.05) is 19.8 Å². The fourth-order valence-corrected chi connectivity index (χ4v) is 11.1. The topological polar surface area (TPSA) is 228 Å². The number of unbranched alkanes of at least 4 members (excludes halogenated alkanes) is 26. The van der Waals surface area contributed by atoms with Crippen LogP contribution in [0.5, 0.6) is 0 Å². The molecule has 512 valence electrons. The largest absolute Gasteiger partial charge is 0.394 e. The Morgan fingerprint density at radius 3 is 1.19 bits per heavy atom. The van der Waals surface area contributed by atoms with Crippen LogP contribution in [-0.2, 0) is 23.7 Å². The Labute approximate surface area is 540 Å². The van der Waals surface area contributed by atoms with E-state index in [1.807, 2.05) is 0 Å². The van der Waals surface area contributed by atoms with Gasteiger partial charge < -0.3 is 65.1 Å². The number of amides is 1. The molecule has 1 amide bonds. The van der Waals surface area contributed by atoms with Crippen LogP contribution in [0, 0.1) is 0 Å². The molecule has 2 aliphatic rings. The van der Waals surface area contributed by atoms with Gasteiger partial charge in [-0.3, -0.25) is 4.79 Å². The second-order valence-electron chi connectivity index (χ2n) is 24.6. The van der Waals surface area contributed by atoms with Crippen LogP contribution < -0.4 is 5.32 Å². The van der Waals surface area contributed by atoms with Gasteiger partial charge in [-0.1, -0.05) is 284 Å². The van der Waals surface area contributed by atoms with Crippen LogP contribution in [0.2, 0.25) is 0 Å². The number of carbonyl (C=O) groups excluding carboxylic acids is 1. The highest BCUT2D eigenvalue weighted by Crippen LogP contribution is 2.30. The van der Waals surface area contributed by atoms with Crippen molar-refractivity contribution in [1.82, 2.24) is 5.32 Å². The van der Waals surface area contributed by atoms with Gasteiger partial charge in [-0.05, 0) is 83.5 Å². The molecule has 12 unspecified atom stereocenters. The summed E-state index contributed by atoms with van der Waals surface area (Å²) in [6.07, 6.45) is 66.8. The van der Waals surface area contributed by atoms with Crippen LogP contribution in [0.1, 0.15) is 264 Å². The van der Waals surface area contributed by atoms with Gasteiger partial charge in [0.05, 0.1) is 32.0 Å². The van der Waals surface area contributed by atoms with E-state index in [-0.39, 0.29) is 12.5 Å². The summed E-state index contributed by atoms with van der Waals surface area (Å²) in [5.74, 6) is -0.210. The highest BCUT2D eigenvalue weighted by molar-refractivity contribution is 5.76. The number of allylic oxidation sites excluding steroid dienone is 18. The molecule has 12 atom stereocenters. The van der Waals surface area contributed by atoms with Crippen molar-refractivity contribution in [2.24, 2.45) is 0 Å². The first kappa shape index (κ1) is 81.7. The second-order valence-corrected chi connectivity index (χ2v) is 24.6. The van der Waals surface area contributed by atoms with E-state index in [1.54, 1.807) is 0 Å². The third-order valence-corrected chi connectivity index (χ3v) is 16.8. The van der Waals surface area contributed by atoms with E-state index in [0.29, 0.717) is 12.8 Å². The second kappa shape index (κ2) is 58.5. The number of ether oxygens (including phenoxy) is 4. The van der Waals surface area contributed by atoms with Gasteiger partial charge in [0.25, 0.3) is 0 Å². The van der Waals surface area contributed by atoms with Gasteiger partial charge in [-0.2, -0.15) is 0 Å². The molecule has 0 radical (unpaired) electrons. The highest BCUT2D eigenvalue weighted by Gasteiger charge is 2.51. The van der Waals surface area contributed by atoms with Gasteiger partial charge in [0, 0.05) is 6.42 Å². The molecule has 2 rings (SSSR count). The maximum absolute atomic E-state index is 13.3. The van der Waals surface area contributed by atoms with Crippen LogP contribution >= 0.6 is 0 Å². The first-order valence-corrected chi connectivity index (χ1v) is 35.6. The molecule has 0 aromatic heterocycles. The Balaban J connectivity index is 1.58. The van der Waals surface area contributed by atoms with Crippen molar-refractivity contribution < 1.29 is 64.6 Å². The maximum Gasteiger partial charge on any atom is 0.220 e. The number of aliphatic hydroxyl groups excluding tert-OH is 8. The normalized spacial score (nSPS) is 23.7. The minimum Gasteiger partial charge on any atom is -0.394 e. The molecule has 9 N–H and O–H groups in total. The van der Waals surface area contributed by atoms with Gasteiger partial charge in [0.15, 0.2) is 12.6 Å². The van der Waals surface area contributed by atoms with E-state index in [9.17, 15) is 45.6 Å². The lowest BCUT2D eigenvalue weighted by Crippen LogP contribution is -2.65. The molecule has 0 aromatic rings. The molecule has 0 saturated carbocycles. The molecule has 14 heteroatoms. The van der Waals surface area contributed by atoms with Crippen LogP contribution in [0.4, 0.5) is 0 Å². The summed E-state index contributed by atoms with van der Waals surface area (Å²) in [5.41, 5.74) is 0. The van der Waals surface area contributed by atoms with E-state index in [0.717, 1.165) is 116 Å². The minimum atomic E-state index is -1.79. The van der Waals surface area contributed by atoms with Gasteiger partial charge in [-0.15, -0.1) is 0 Å². The predicted molar refractivity (Wildman–Crippen MR) is 364 cm³/mol. The molecule has 2 saturated heterocycles. The zero-order valence-electron chi connectivity index (χ0n) is 55.6. The predicted octanol–water partition coefficient (Wildman–Crippen LogP) is 14.7. The van der Waals surface area contributed by atoms with E-state index >= 15 is 0 Å². The first-order valence-electron chi connectivity index (χ1n) is 35.6. The molecule has 2 fully saturated rings. The molecular formula is C75H129NO13. The summed E-state index contributed by atoms with van der Waals surface area (Å²) < 4.78 is 22.9. The third kappa shape index (κ3) is 42.5. The minimum absolute atomic E-state index is 0.210. The molecule has 89 heavy (non-hydrogen) atoms. The Morgan fingerprint density at radius 1 is 0.416 bits per heavy atom. The highest BCUT2D eigenvalue weighted by atomic mass is 16.7. The van der Waals surface area contributed by atoms with Crippen molar-refractivity contribution in [3.05, 3.63) is 109 Å². The molecule has 0 aliphatic carbocycles. The van der Waals surface area contributed by atoms with Gasteiger partial charge >= 0.3 is 0 Å². The molecule has 0 bridgehead atoms. The maximum atomic E-state index is 13.3. The van der Waals surface area contributed by atoms with E-state index in [2.05, 4.69) is 129 Å². The summed E-state index contributed by atoms with van der Waals surface area (Å²) in [6, 6.07) is -0.835. The number of aliphatic hydroxyl groups is 8. The average molecular weight is 1250 g/mol. The van der Waals surface area contributed by atoms with Gasteiger partial charge in [0.2, 0.25) is 5.91 Å². The molecular weight excluding hydrogens is 1120 g/mol. The molecule has 14 nitrogen and oxygen atoms in total. The van der Waals surface area contributed by atoms with Crippen molar-refractivity contribution >= 4 is 5.91 Å². The molecule has 2 heterocycles. The van der Waals surface area contributed by atoms with Crippen LogP contribution in [-0.4, -0.2) is 140 Å². The van der Waals surface area contributed by atoms with Crippen LogP contribution in [0.3, 0.4) is 0 Å². The Kier molecular flexibility index (Phi) is 53.7. The SMILES string of the molecule is CC/C=C\C/C=C\C/C=C\C/C=C\C/C=C\C/C=C\C/C=C\C/C=C\C/C=C\CCCCCCCCCCCCCCCC(=O)NC(COC1OC(CO)C(OC2OC(CO)C(O)C(O)C2O)C(O)C1O)C(O)CCCCCCCCCCCCCCCC. The van der Waals surface area contributed by atoms with Crippen molar-refractivity contribution in [1.29, 1.82) is 0 Å². The Bertz CT molecular complexity index is 1910. The van der Waals surface area contributed by atoms with Gasteiger partial charge in [0.1, 0.15) is 48.8 Å². The number of hydrogen-bond donors (Lipinski definition) is 9. The first-order chi connectivity index (χ1) is 43.6. The monoisotopic (exact) mass is 1250 g/mol. The zero-order valence-corrected chi connectivity index (χ0v) is 55.6. The summed E-state index contributed by atoms with van der Waals surface area (Å²) in [4.78, 5) is 13.3.